The van der Waals surface area contributed by atoms with E-state index in [1.54, 1.807) is 0 Å². The van der Waals surface area contributed by atoms with Crippen molar-refractivity contribution in [3.8, 4) is 39.5 Å². The molecule has 338 valence electrons. The van der Waals surface area contributed by atoms with Crippen LogP contribution in [0.4, 0.5) is 28.4 Å². The molecule has 0 saturated carbocycles. The number of anilines is 5. The lowest BCUT2D eigenvalue weighted by molar-refractivity contribution is 0.586. The summed E-state index contributed by atoms with van der Waals surface area (Å²) in [5.74, 6) is 1.78. The first-order valence-electron chi connectivity index (χ1n) is 24.5. The molecule has 10 aromatic rings. The van der Waals surface area contributed by atoms with E-state index >= 15 is 0 Å². The fourth-order valence-corrected chi connectivity index (χ4v) is 11.0. The zero-order valence-electron chi connectivity index (χ0n) is 41.2. The van der Waals surface area contributed by atoms with Gasteiger partial charge in [-0.15, -0.1) is 0 Å². The molecule has 8 aromatic carbocycles. The number of hydrogen-bond acceptors (Lipinski definition) is 3. The van der Waals surface area contributed by atoms with Crippen molar-refractivity contribution in [3.63, 3.8) is 0 Å². The molecule has 12 rings (SSSR count). The van der Waals surface area contributed by atoms with E-state index in [-0.39, 0.29) is 23.1 Å². The normalized spacial score (nSPS) is 13.2. The summed E-state index contributed by atoms with van der Waals surface area (Å²) in [5.41, 5.74) is 19.8. The predicted octanol–water partition coefficient (Wildman–Crippen LogP) is 16.3. The van der Waals surface area contributed by atoms with Crippen molar-refractivity contribution in [3.05, 3.63) is 205 Å². The maximum Gasteiger partial charge on any atom is 0.333 e. The molecule has 2 aliphatic heterocycles. The second kappa shape index (κ2) is 15.5. The number of aromatic nitrogens is 1. The second-order valence-corrected chi connectivity index (χ2v) is 22.2. The molecule has 0 atom stereocenters. The van der Waals surface area contributed by atoms with Crippen molar-refractivity contribution in [2.24, 2.45) is 0 Å². The second-order valence-electron chi connectivity index (χ2n) is 22.2. The van der Waals surface area contributed by atoms with Crippen LogP contribution in [0.5, 0.6) is 0 Å². The van der Waals surface area contributed by atoms with E-state index in [2.05, 4.69) is 265 Å². The quantitative estimate of drug-likeness (QED) is 0.155. The molecule has 0 radical (unpaired) electrons. The number of benzene rings is 8. The third-order valence-corrected chi connectivity index (χ3v) is 14.6. The number of nitrogens with zero attached hydrogens (tertiary/aromatic N) is 3. The lowest BCUT2D eigenvalue weighted by Gasteiger charge is -2.42. The van der Waals surface area contributed by atoms with Crippen LogP contribution < -0.4 is 20.6 Å². The summed E-state index contributed by atoms with van der Waals surface area (Å²) < 4.78 is 10.1. The van der Waals surface area contributed by atoms with Crippen molar-refractivity contribution < 1.29 is 4.42 Å². The summed E-state index contributed by atoms with van der Waals surface area (Å²) in [4.78, 5) is 5.02. The van der Waals surface area contributed by atoms with Gasteiger partial charge >= 0.3 is 6.85 Å². The van der Waals surface area contributed by atoms with Crippen LogP contribution in [0.2, 0.25) is 0 Å². The van der Waals surface area contributed by atoms with Crippen molar-refractivity contribution in [2.75, 3.05) is 9.71 Å². The van der Waals surface area contributed by atoms with Crippen LogP contribution in [0.25, 0.3) is 61.3 Å². The van der Waals surface area contributed by atoms with E-state index in [0.717, 1.165) is 62.2 Å². The van der Waals surface area contributed by atoms with Crippen LogP contribution in [0.3, 0.4) is 0 Å². The number of fused-ring (bicyclic) bond motifs is 7. The van der Waals surface area contributed by atoms with Crippen molar-refractivity contribution in [1.82, 2.24) is 4.57 Å². The molecule has 0 fully saturated rings. The van der Waals surface area contributed by atoms with Crippen LogP contribution in [0.15, 0.2) is 192 Å². The molecule has 0 N–H and O–H groups in total. The molecule has 0 amide bonds. The third-order valence-electron chi connectivity index (χ3n) is 14.6. The van der Waals surface area contributed by atoms with Gasteiger partial charge in [-0.05, 0) is 122 Å². The molecular weight excluding hydrogens is 838 g/mol. The summed E-state index contributed by atoms with van der Waals surface area (Å²) in [6.07, 6.45) is 0. The van der Waals surface area contributed by atoms with Crippen LogP contribution in [0.1, 0.15) is 79.0 Å². The first-order valence-corrected chi connectivity index (χ1v) is 24.5. The molecular formula is C64H58BN3O. The van der Waals surface area contributed by atoms with E-state index in [0.29, 0.717) is 0 Å². The minimum atomic E-state index is -0.188. The van der Waals surface area contributed by atoms with Crippen molar-refractivity contribution in [2.45, 2.75) is 78.6 Å². The highest BCUT2D eigenvalue weighted by atomic mass is 16.3. The highest BCUT2D eigenvalue weighted by Gasteiger charge is 2.48. The first-order chi connectivity index (χ1) is 33.1. The number of hydrogen-bond donors (Lipinski definition) is 0. The highest BCUT2D eigenvalue weighted by Crippen LogP contribution is 2.55. The Morgan fingerprint density at radius 1 is 0.464 bits per heavy atom. The molecule has 0 spiro atoms. The first kappa shape index (κ1) is 42.8. The number of para-hydroxylation sites is 2. The summed E-state index contributed by atoms with van der Waals surface area (Å²) in [6.45, 7) is 20.8. The minimum absolute atomic E-state index is 0.00549. The minimum Gasteiger partial charge on any atom is -0.453 e. The third kappa shape index (κ3) is 6.88. The van der Waals surface area contributed by atoms with Gasteiger partial charge in [0.15, 0.2) is 5.76 Å². The Bertz CT molecular complexity index is 3550. The lowest BCUT2D eigenvalue weighted by atomic mass is 9.43. The maximum atomic E-state index is 7.55. The molecule has 4 heterocycles. The van der Waals surface area contributed by atoms with Gasteiger partial charge in [0.25, 0.3) is 0 Å². The van der Waals surface area contributed by atoms with Crippen LogP contribution in [-0.2, 0) is 16.2 Å². The van der Waals surface area contributed by atoms with Gasteiger partial charge in [-0.25, -0.2) is 0 Å². The molecule has 0 unspecified atom stereocenters. The molecule has 0 saturated heterocycles. The lowest BCUT2D eigenvalue weighted by Crippen LogP contribution is -2.61. The van der Waals surface area contributed by atoms with Gasteiger partial charge in [-0.3, -0.25) is 0 Å². The topological polar surface area (TPSA) is 24.6 Å². The summed E-state index contributed by atoms with van der Waals surface area (Å²) >= 11 is 0. The van der Waals surface area contributed by atoms with Gasteiger partial charge in [-0.1, -0.05) is 178 Å². The predicted molar refractivity (Wildman–Crippen MR) is 294 cm³/mol. The molecule has 0 bridgehead atoms. The van der Waals surface area contributed by atoms with Gasteiger partial charge in [0.1, 0.15) is 5.76 Å². The zero-order chi connectivity index (χ0) is 47.6. The van der Waals surface area contributed by atoms with Crippen LogP contribution >= 0.6 is 0 Å². The fourth-order valence-electron chi connectivity index (χ4n) is 11.0. The summed E-state index contributed by atoms with van der Waals surface area (Å²) in [7, 11) is 0. The standard InChI is InChI=1S/C64H58BN3O/c1-62(2,3)43-30-32-48(33-31-43)68-59-56(41-22-14-10-15-23-41)60(42-24-16-11-17-25-42)69-61(59)52-37-45(64(7,8)9)39-55-57(52)65(68)53-38-44(63(4,5)6)36-51-50-40-49(34-35-54(50)67(55)58(51)53)66(46-26-18-12-19-27-46)47-28-20-13-21-29-47/h10-40H,1-9H3. The molecule has 2 aliphatic rings. The van der Waals surface area contributed by atoms with E-state index in [1.807, 2.05) is 0 Å². The molecule has 5 heteroatoms. The van der Waals surface area contributed by atoms with E-state index in [1.165, 1.54) is 55.1 Å². The monoisotopic (exact) mass is 895 g/mol. The Morgan fingerprint density at radius 3 is 1.59 bits per heavy atom. The SMILES string of the molecule is CC(C)(C)c1ccc(N2B3c4c(cc(C(C)(C)C)cc4-n4c5ccc(N(c6ccccc6)c6ccccc6)cc5c5cc(C(C)(C)C)cc3c54)-c3oc(-c4ccccc4)c(-c4ccccc4)c32)cc1. The van der Waals surface area contributed by atoms with Crippen LogP contribution in [0, 0.1) is 0 Å². The van der Waals surface area contributed by atoms with Crippen molar-refractivity contribution >= 4 is 68.0 Å². The van der Waals surface area contributed by atoms with Gasteiger partial charge in [0.05, 0.1) is 22.3 Å². The van der Waals surface area contributed by atoms with Gasteiger partial charge in [0.2, 0.25) is 0 Å². The Hall–Kier alpha value is -7.50. The van der Waals surface area contributed by atoms with E-state index in [4.69, 9.17) is 4.42 Å². The Balaban J connectivity index is 1.24. The average Bonchev–Trinajstić information content (AvgIpc) is 3.91. The van der Waals surface area contributed by atoms with Gasteiger partial charge in [0, 0.05) is 50.3 Å². The molecule has 0 aliphatic carbocycles. The fraction of sp³-hybridized carbons (Fsp3) is 0.188. The Morgan fingerprint density at radius 2 is 1.01 bits per heavy atom. The highest BCUT2D eigenvalue weighted by molar-refractivity contribution is 6.93. The molecule has 69 heavy (non-hydrogen) atoms. The zero-order valence-corrected chi connectivity index (χ0v) is 41.2. The average molecular weight is 896 g/mol. The Kier molecular flexibility index (Phi) is 9.63. The smallest absolute Gasteiger partial charge is 0.333 e. The number of furan rings is 1. The van der Waals surface area contributed by atoms with Crippen LogP contribution in [-0.4, -0.2) is 11.4 Å². The van der Waals surface area contributed by atoms with E-state index in [9.17, 15) is 0 Å². The summed E-state index contributed by atoms with van der Waals surface area (Å²) in [5, 5.41) is 2.49. The number of rotatable bonds is 6. The molecule has 2 aromatic heterocycles. The van der Waals surface area contributed by atoms with Gasteiger partial charge < -0.3 is 18.7 Å². The van der Waals surface area contributed by atoms with Crippen molar-refractivity contribution in [1.29, 1.82) is 0 Å². The van der Waals surface area contributed by atoms with E-state index < -0.39 is 0 Å². The maximum absolute atomic E-state index is 7.55. The molecule has 4 nitrogen and oxygen atoms in total. The Labute approximate surface area is 407 Å². The van der Waals surface area contributed by atoms with Gasteiger partial charge in [-0.2, -0.15) is 0 Å². The summed E-state index contributed by atoms with van der Waals surface area (Å²) in [6, 6.07) is 69.6. The largest absolute Gasteiger partial charge is 0.453 e.